The van der Waals surface area contributed by atoms with E-state index in [1.165, 1.54) is 6.92 Å². The average molecular weight is 860 g/mol. The molecule has 4 saturated heterocycles. The van der Waals surface area contributed by atoms with E-state index >= 15 is 0 Å². The number of benzene rings is 1. The van der Waals surface area contributed by atoms with Crippen molar-refractivity contribution in [3.63, 3.8) is 0 Å². The number of sulfonamides is 1. The van der Waals surface area contributed by atoms with Gasteiger partial charge in [0, 0.05) is 80.7 Å². The Morgan fingerprint density at radius 1 is 0.902 bits per heavy atom. The van der Waals surface area contributed by atoms with Gasteiger partial charge in [-0.3, -0.25) is 33.9 Å². The Labute approximate surface area is 355 Å². The van der Waals surface area contributed by atoms with Crippen LogP contribution in [0.1, 0.15) is 112 Å². The van der Waals surface area contributed by atoms with Gasteiger partial charge in [-0.25, -0.2) is 17.7 Å². The Kier molecular flexibility index (Phi) is 12.2. The summed E-state index contributed by atoms with van der Waals surface area (Å²) in [7, 11) is -3.60. The Hall–Kier alpha value is -4.94. The largest absolute Gasteiger partial charge is 0.389 e. The highest BCUT2D eigenvalue weighted by Crippen LogP contribution is 2.34. The fourth-order valence-electron chi connectivity index (χ4n) is 9.92. The molecule has 3 amide bonds. The molecule has 1 aromatic carbocycles. The normalized spacial score (nSPS) is 22.4. The molecule has 0 radical (unpaired) electrons. The highest BCUT2D eigenvalue weighted by molar-refractivity contribution is 7.89. The fourth-order valence-corrected chi connectivity index (χ4v) is 11.9. The number of piperidine rings is 4. The van der Waals surface area contributed by atoms with Gasteiger partial charge in [-0.2, -0.15) is 4.98 Å². The van der Waals surface area contributed by atoms with Crippen LogP contribution in [0.15, 0.2) is 35.3 Å². The fraction of sp³-hybridized carbons (Fsp3) is 0.605. The summed E-state index contributed by atoms with van der Waals surface area (Å²) in [6.45, 7) is 5.64. The van der Waals surface area contributed by atoms with Gasteiger partial charge in [0.1, 0.15) is 11.7 Å². The third-order valence-corrected chi connectivity index (χ3v) is 16.0. The zero-order chi connectivity index (χ0) is 43.1. The number of aryl methyl sites for hydroxylation is 1. The summed E-state index contributed by atoms with van der Waals surface area (Å²) in [6, 6.07) is 7.12. The van der Waals surface area contributed by atoms with Crippen molar-refractivity contribution in [3.05, 3.63) is 51.9 Å². The first-order valence-electron chi connectivity index (χ1n) is 21.8. The van der Waals surface area contributed by atoms with Crippen molar-refractivity contribution in [1.29, 1.82) is 0 Å². The van der Waals surface area contributed by atoms with E-state index in [0.29, 0.717) is 113 Å². The smallest absolute Gasteiger partial charge is 0.263 e. The van der Waals surface area contributed by atoms with Crippen molar-refractivity contribution in [2.24, 2.45) is 0 Å². The third-order valence-electron chi connectivity index (χ3n) is 13.6. The van der Waals surface area contributed by atoms with Crippen LogP contribution in [0.2, 0.25) is 0 Å². The first-order valence-corrected chi connectivity index (χ1v) is 23.3. The first-order chi connectivity index (χ1) is 29.2. The Bertz CT molecular complexity index is 2340. The van der Waals surface area contributed by atoms with Crippen molar-refractivity contribution < 1.29 is 32.7 Å². The number of rotatable bonds is 11. The van der Waals surface area contributed by atoms with E-state index in [4.69, 9.17) is 4.98 Å². The van der Waals surface area contributed by atoms with Gasteiger partial charge < -0.3 is 25.5 Å². The molecule has 1 atom stereocenters. The second-order valence-electron chi connectivity index (χ2n) is 17.6. The molecule has 3 aromatic rings. The van der Waals surface area contributed by atoms with Crippen molar-refractivity contribution in [3.8, 4) is 0 Å². The van der Waals surface area contributed by atoms with Crippen LogP contribution in [0.25, 0.3) is 11.0 Å². The Morgan fingerprint density at radius 3 is 2.21 bits per heavy atom. The second-order valence-corrected chi connectivity index (χ2v) is 19.8. The number of aliphatic hydroxyl groups is 1. The minimum atomic E-state index is -3.60. The molecule has 18 heteroatoms. The van der Waals surface area contributed by atoms with Gasteiger partial charge in [-0.05, 0) is 101 Å². The van der Waals surface area contributed by atoms with Gasteiger partial charge >= 0.3 is 0 Å². The molecule has 6 heterocycles. The zero-order valence-corrected chi connectivity index (χ0v) is 35.8. The molecule has 1 unspecified atom stereocenters. The zero-order valence-electron chi connectivity index (χ0n) is 35.0. The number of Topliss-reactive ketones (excluding diaryl/α,β-unsaturated/α-hetero) is 1. The van der Waals surface area contributed by atoms with Crippen LogP contribution in [0, 0.1) is 6.92 Å². The molecule has 0 spiro atoms. The van der Waals surface area contributed by atoms with Gasteiger partial charge in [0.25, 0.3) is 5.56 Å². The summed E-state index contributed by atoms with van der Waals surface area (Å²) in [5.41, 5.74) is 1.58. The van der Waals surface area contributed by atoms with Crippen LogP contribution in [0.4, 0.5) is 17.3 Å². The lowest BCUT2D eigenvalue weighted by Crippen LogP contribution is -2.51. The van der Waals surface area contributed by atoms with Crippen molar-refractivity contribution in [2.75, 3.05) is 54.8 Å². The highest BCUT2D eigenvalue weighted by Gasteiger charge is 2.40. The maximum Gasteiger partial charge on any atom is 0.263 e. The molecule has 1 saturated carbocycles. The molecule has 5 aliphatic rings. The van der Waals surface area contributed by atoms with Crippen molar-refractivity contribution >= 4 is 61.9 Å². The third kappa shape index (κ3) is 9.02. The second kappa shape index (κ2) is 17.4. The van der Waals surface area contributed by atoms with E-state index in [1.54, 1.807) is 26.9 Å². The van der Waals surface area contributed by atoms with E-state index in [-0.39, 0.29) is 53.1 Å². The topological polar surface area (TPSA) is 216 Å². The number of hydrogen-bond donors (Lipinski definition) is 4. The van der Waals surface area contributed by atoms with Crippen LogP contribution in [-0.4, -0.2) is 123 Å². The number of anilines is 3. The predicted octanol–water partition coefficient (Wildman–Crippen LogP) is 3.25. The predicted molar refractivity (Wildman–Crippen MR) is 230 cm³/mol. The van der Waals surface area contributed by atoms with Crippen LogP contribution >= 0.6 is 0 Å². The van der Waals surface area contributed by atoms with Crippen LogP contribution in [0.3, 0.4) is 0 Å². The molecule has 2 aromatic heterocycles. The number of amides is 3. The van der Waals surface area contributed by atoms with E-state index in [1.807, 2.05) is 24.3 Å². The molecule has 4 aliphatic heterocycles. The Morgan fingerprint density at radius 2 is 1.57 bits per heavy atom. The summed E-state index contributed by atoms with van der Waals surface area (Å²) in [5, 5.41) is 20.5. The van der Waals surface area contributed by atoms with Crippen molar-refractivity contribution in [2.45, 2.75) is 126 Å². The van der Waals surface area contributed by atoms with Gasteiger partial charge in [-0.1, -0.05) is 12.8 Å². The Balaban J connectivity index is 0.798. The number of nitrogens with one attached hydrogen (secondary N) is 3. The van der Waals surface area contributed by atoms with Gasteiger partial charge in [-0.15, -0.1) is 0 Å². The van der Waals surface area contributed by atoms with Crippen LogP contribution in [0.5, 0.6) is 0 Å². The molecule has 61 heavy (non-hydrogen) atoms. The molecule has 17 nitrogen and oxygen atoms in total. The summed E-state index contributed by atoms with van der Waals surface area (Å²) in [6.07, 6.45) is 8.75. The number of likely N-dealkylation sites (tertiary alicyclic amines) is 1. The number of ketones is 1. The van der Waals surface area contributed by atoms with Gasteiger partial charge in [0.05, 0.1) is 22.8 Å². The number of pyridine rings is 1. The quantitative estimate of drug-likeness (QED) is 0.161. The maximum absolute atomic E-state index is 13.8. The molecular formula is C43H57N9O8S. The molecule has 328 valence electrons. The van der Waals surface area contributed by atoms with Gasteiger partial charge in [0.15, 0.2) is 5.78 Å². The number of aromatic nitrogens is 3. The summed E-state index contributed by atoms with van der Waals surface area (Å²) in [4.78, 5) is 76.3. The lowest BCUT2D eigenvalue weighted by atomic mass is 9.87. The number of nitrogens with zero attached hydrogens (tertiary/aromatic N) is 6. The first kappa shape index (κ1) is 42.7. The van der Waals surface area contributed by atoms with E-state index in [2.05, 4.69) is 25.8 Å². The van der Waals surface area contributed by atoms with Crippen LogP contribution < -0.4 is 26.4 Å². The molecule has 8 rings (SSSR count). The number of imide groups is 1. The SMILES string of the molecule is CC(=O)c1c(C)c2cnc(NC3CCN(S(=O)(=O)C4CCN(C(=O)CC5(O)CCN(c6ccc(NC7CCC(=O)NC7=O)cc6)CC5)CC4)CC3)nc2n(C2CCCC2)c1=O. The van der Waals surface area contributed by atoms with E-state index in [0.717, 1.165) is 37.1 Å². The summed E-state index contributed by atoms with van der Waals surface area (Å²) < 4.78 is 30.9. The standard InChI is InChI=1S/C43H57N9O8S/c1-27-34-26-44-42(48-39(34)52(32-5-3-4-6-32)41(57)38(27)28(2)53)46-30-13-21-51(22-14-30)61(59,60)33-15-19-50(20-16-33)37(55)25-43(58)17-23-49(24-18-43)31-9-7-29(8-10-31)45-35-11-12-36(54)47-40(35)56/h7-10,26,30,32-33,35,45,58H,3-6,11-25H2,1-2H3,(H,44,46,48)(H,47,54,56). The minimum Gasteiger partial charge on any atom is -0.389 e. The maximum atomic E-state index is 13.8. The molecular weight excluding hydrogens is 803 g/mol. The van der Waals surface area contributed by atoms with Crippen LogP contribution in [-0.2, 0) is 24.4 Å². The monoisotopic (exact) mass is 859 g/mol. The molecule has 0 bridgehead atoms. The minimum absolute atomic E-state index is 0.00774. The molecule has 1 aliphatic carbocycles. The summed E-state index contributed by atoms with van der Waals surface area (Å²) >= 11 is 0. The summed E-state index contributed by atoms with van der Waals surface area (Å²) in [5.74, 6) is -0.643. The number of hydrogen-bond acceptors (Lipinski definition) is 13. The highest BCUT2D eigenvalue weighted by atomic mass is 32.2. The van der Waals surface area contributed by atoms with E-state index < -0.39 is 26.9 Å². The van der Waals surface area contributed by atoms with Gasteiger partial charge in [0.2, 0.25) is 33.7 Å². The number of carbonyl (C=O) groups is 4. The molecule has 5 fully saturated rings. The number of carbonyl (C=O) groups excluding carboxylic acids is 4. The van der Waals surface area contributed by atoms with Crippen molar-refractivity contribution in [1.82, 2.24) is 29.1 Å². The lowest BCUT2D eigenvalue weighted by molar-refractivity contribution is -0.138. The molecule has 4 N–H and O–H groups in total. The lowest BCUT2D eigenvalue weighted by Gasteiger charge is -2.41. The van der Waals surface area contributed by atoms with E-state index in [9.17, 15) is 37.5 Å². The average Bonchev–Trinajstić information content (AvgIpc) is 3.77. The number of fused-ring (bicyclic) bond motifs is 1.